The molecule has 1 aromatic carbocycles. The van der Waals surface area contributed by atoms with Crippen molar-refractivity contribution in [3.05, 3.63) is 83.5 Å². The van der Waals surface area contributed by atoms with Gasteiger partial charge in [0.2, 0.25) is 0 Å². The van der Waals surface area contributed by atoms with Gasteiger partial charge < -0.3 is 9.26 Å². The number of hydrogen-bond donors (Lipinski definition) is 1. The van der Waals surface area contributed by atoms with E-state index >= 15 is 0 Å². The first-order valence-electron chi connectivity index (χ1n) is 13.1. The number of hydrogen-bond acceptors (Lipinski definition) is 3. The summed E-state index contributed by atoms with van der Waals surface area (Å²) in [6.45, 7) is 8.13. The summed E-state index contributed by atoms with van der Waals surface area (Å²) < 4.78 is 23.4. The summed E-state index contributed by atoms with van der Waals surface area (Å²) in [5.74, 6) is 8.15. The minimum absolute atomic E-state index is 0.0967. The Morgan fingerprint density at radius 1 is 1.35 bits per heavy atom. The SMILES string of the molecule is C=CC(/C=C\CC)=C/C=C/C#Cc1ccc(/C(OC)=C2\C(CC)CC3(Cl)CCCC2C3)cc1O[PH](N)=O. The van der Waals surface area contributed by atoms with Crippen molar-refractivity contribution in [2.75, 3.05) is 7.11 Å². The zero-order valence-electron chi connectivity index (χ0n) is 22.2. The number of nitrogens with two attached hydrogens (primary N) is 1. The van der Waals surface area contributed by atoms with Crippen molar-refractivity contribution < 1.29 is 13.8 Å². The summed E-state index contributed by atoms with van der Waals surface area (Å²) >= 11 is 7.00. The van der Waals surface area contributed by atoms with Gasteiger partial charge in [0, 0.05) is 10.4 Å². The zero-order valence-corrected chi connectivity index (χ0v) is 23.9. The average molecular weight is 540 g/mol. The molecule has 0 aromatic heterocycles. The highest BCUT2D eigenvalue weighted by Gasteiger charge is 2.45. The number of rotatable bonds is 9. The molecule has 6 heteroatoms. The number of ether oxygens (including phenoxy) is 1. The molecule has 4 atom stereocenters. The lowest BCUT2D eigenvalue weighted by molar-refractivity contribution is 0.211. The molecule has 2 aliphatic rings. The predicted molar refractivity (Wildman–Crippen MR) is 157 cm³/mol. The van der Waals surface area contributed by atoms with E-state index in [1.54, 1.807) is 19.3 Å². The molecule has 0 radical (unpaired) electrons. The Kier molecular flexibility index (Phi) is 11.0. The van der Waals surface area contributed by atoms with Crippen LogP contribution in [0.3, 0.4) is 0 Å². The van der Waals surface area contributed by atoms with E-state index in [9.17, 15) is 4.57 Å². The summed E-state index contributed by atoms with van der Waals surface area (Å²) in [6.07, 6.45) is 18.7. The van der Waals surface area contributed by atoms with Gasteiger partial charge in [-0.3, -0.25) is 10.1 Å². The summed E-state index contributed by atoms with van der Waals surface area (Å²) in [5, 5.41) is 0. The molecular weight excluding hydrogens is 501 g/mol. The fourth-order valence-electron chi connectivity index (χ4n) is 5.52. The van der Waals surface area contributed by atoms with Gasteiger partial charge >= 0.3 is 8.18 Å². The highest BCUT2D eigenvalue weighted by Crippen LogP contribution is 2.54. The minimum atomic E-state index is -2.71. The Hall–Kier alpha value is -2.44. The number of allylic oxidation sites excluding steroid dienone is 8. The molecule has 0 aliphatic heterocycles. The van der Waals surface area contributed by atoms with E-state index in [2.05, 4.69) is 38.3 Å². The molecule has 2 N–H and O–H groups in total. The monoisotopic (exact) mass is 539 g/mol. The number of halogens is 1. The van der Waals surface area contributed by atoms with Crippen molar-refractivity contribution >= 4 is 25.5 Å². The van der Waals surface area contributed by atoms with Crippen molar-refractivity contribution in [1.29, 1.82) is 0 Å². The van der Waals surface area contributed by atoms with Crippen molar-refractivity contribution in [3.63, 3.8) is 0 Å². The van der Waals surface area contributed by atoms with Crippen LogP contribution >= 0.6 is 19.8 Å². The van der Waals surface area contributed by atoms with E-state index in [0.717, 1.165) is 61.8 Å². The van der Waals surface area contributed by atoms with Gasteiger partial charge in [-0.2, -0.15) is 0 Å². The fraction of sp³-hybridized carbons (Fsp3) is 0.419. The van der Waals surface area contributed by atoms with Crippen LogP contribution < -0.4 is 10.0 Å². The maximum absolute atomic E-state index is 11.9. The van der Waals surface area contributed by atoms with Crippen molar-refractivity contribution in [2.45, 2.75) is 63.7 Å². The summed E-state index contributed by atoms with van der Waals surface area (Å²) in [5.41, 5.74) is 9.41. The maximum atomic E-state index is 11.9. The van der Waals surface area contributed by atoms with Crippen LogP contribution in [-0.4, -0.2) is 12.0 Å². The Bertz CT molecular complexity index is 1180. The first kappa shape index (κ1) is 29.1. The normalized spacial score (nSPS) is 25.9. The standard InChI is InChI=1S/C31H39ClNO3P/c1-5-8-13-23(6-2)14-10-9-11-15-25-17-18-26(20-28(25)36-37(33)34)30(35-4)29-24(7-3)21-31(32)19-12-16-27(29)22-31/h6,8-10,13-14,17-18,20,24,27,37H,2,5,7,12,16,19,21-22H2,1,3-4H3,(H2,33,34)/b10-9+,13-8-,23-14-,30-29-. The number of fused-ring (bicyclic) bond motifs is 2. The molecule has 0 saturated heterocycles. The molecule has 0 spiro atoms. The molecule has 0 amide bonds. The zero-order chi connectivity index (χ0) is 26.8. The number of alkyl halides is 1. The molecular formula is C31H39ClNO3P. The van der Waals surface area contributed by atoms with Gasteiger partial charge in [-0.15, -0.1) is 11.6 Å². The smallest absolute Gasteiger partial charge is 0.302 e. The van der Waals surface area contributed by atoms with Gasteiger partial charge in [-0.1, -0.05) is 69.1 Å². The quantitative estimate of drug-likeness (QED) is 0.113. The lowest BCUT2D eigenvalue weighted by Gasteiger charge is -2.47. The molecule has 2 aliphatic carbocycles. The maximum Gasteiger partial charge on any atom is 0.302 e. The van der Waals surface area contributed by atoms with E-state index in [0.29, 0.717) is 23.1 Å². The lowest BCUT2D eigenvalue weighted by Crippen LogP contribution is -2.40. The van der Waals surface area contributed by atoms with Gasteiger partial charge in [0.25, 0.3) is 0 Å². The molecule has 3 rings (SSSR count). The van der Waals surface area contributed by atoms with Crippen LogP contribution in [0.5, 0.6) is 5.75 Å². The first-order chi connectivity index (χ1) is 17.8. The molecule has 4 unspecified atom stereocenters. The van der Waals surface area contributed by atoms with E-state index < -0.39 is 8.18 Å². The van der Waals surface area contributed by atoms with Gasteiger partial charge in [0.05, 0.1) is 12.7 Å². The Morgan fingerprint density at radius 2 is 2.16 bits per heavy atom. The first-order valence-corrected chi connectivity index (χ1v) is 14.9. The molecule has 1 aromatic rings. The lowest BCUT2D eigenvalue weighted by atomic mass is 9.63. The molecule has 2 saturated carbocycles. The number of methoxy groups -OCH3 is 1. The van der Waals surface area contributed by atoms with Crippen LogP contribution in [0.25, 0.3) is 5.76 Å². The van der Waals surface area contributed by atoms with Gasteiger partial charge in [-0.05, 0) is 85.8 Å². The Balaban J connectivity index is 1.96. The van der Waals surface area contributed by atoms with Crippen LogP contribution in [0, 0.1) is 23.7 Å². The topological polar surface area (TPSA) is 61.6 Å². The van der Waals surface area contributed by atoms with Crippen molar-refractivity contribution in [2.24, 2.45) is 17.3 Å². The second-order valence-electron chi connectivity index (χ2n) is 9.68. The molecule has 0 heterocycles. The Morgan fingerprint density at radius 3 is 2.84 bits per heavy atom. The highest BCUT2D eigenvalue weighted by atomic mass is 35.5. The largest absolute Gasteiger partial charge is 0.496 e. The van der Waals surface area contributed by atoms with Crippen LogP contribution in [-0.2, 0) is 9.30 Å². The summed E-state index contributed by atoms with van der Waals surface area (Å²) in [7, 11) is -1.000. The third-order valence-electron chi connectivity index (χ3n) is 7.15. The van der Waals surface area contributed by atoms with Crippen LogP contribution in [0.1, 0.15) is 69.9 Å². The van der Waals surface area contributed by atoms with Gasteiger partial charge in [0.15, 0.2) is 0 Å². The second-order valence-corrected chi connectivity index (χ2v) is 11.3. The molecule has 2 fully saturated rings. The van der Waals surface area contributed by atoms with E-state index in [-0.39, 0.29) is 4.87 Å². The van der Waals surface area contributed by atoms with Gasteiger partial charge in [0.1, 0.15) is 11.5 Å². The second kappa shape index (κ2) is 13.9. The number of benzene rings is 1. The van der Waals surface area contributed by atoms with Gasteiger partial charge in [-0.25, -0.2) is 0 Å². The molecule has 2 bridgehead atoms. The average Bonchev–Trinajstić information content (AvgIpc) is 2.87. The van der Waals surface area contributed by atoms with Crippen molar-refractivity contribution in [1.82, 2.24) is 0 Å². The van der Waals surface area contributed by atoms with Crippen molar-refractivity contribution in [3.8, 4) is 17.6 Å². The summed E-state index contributed by atoms with van der Waals surface area (Å²) in [6, 6.07) is 5.71. The van der Waals surface area contributed by atoms with Crippen LogP contribution in [0.2, 0.25) is 0 Å². The van der Waals surface area contributed by atoms with Crippen LogP contribution in [0.15, 0.2) is 72.4 Å². The third kappa shape index (κ3) is 7.78. The van der Waals surface area contributed by atoms with E-state index in [1.165, 1.54) is 5.57 Å². The molecule has 4 nitrogen and oxygen atoms in total. The molecule has 198 valence electrons. The predicted octanol–water partition coefficient (Wildman–Crippen LogP) is 8.36. The van der Waals surface area contributed by atoms with E-state index in [1.807, 2.05) is 36.4 Å². The van der Waals surface area contributed by atoms with Crippen LogP contribution in [0.4, 0.5) is 0 Å². The Labute approximate surface area is 228 Å². The third-order valence-corrected chi connectivity index (χ3v) is 8.07. The van der Waals surface area contributed by atoms with E-state index in [4.69, 9.17) is 26.4 Å². The fourth-order valence-corrected chi connectivity index (χ4v) is 6.41. The molecule has 37 heavy (non-hydrogen) atoms. The minimum Gasteiger partial charge on any atom is -0.496 e. The summed E-state index contributed by atoms with van der Waals surface area (Å²) in [4.78, 5) is -0.0967. The highest BCUT2D eigenvalue weighted by molar-refractivity contribution is 7.36.